The van der Waals surface area contributed by atoms with Crippen molar-refractivity contribution >= 4 is 35.3 Å². The van der Waals surface area contributed by atoms with Crippen molar-refractivity contribution in [3.8, 4) is 5.75 Å². The van der Waals surface area contributed by atoms with E-state index in [4.69, 9.17) is 4.74 Å². The number of rotatable bonds is 6. The minimum absolute atomic E-state index is 0.109. The molecule has 0 spiro atoms. The molecule has 2 saturated heterocycles. The molecule has 186 valence electrons. The Morgan fingerprint density at radius 3 is 2.49 bits per heavy atom. The van der Waals surface area contributed by atoms with Gasteiger partial charge in [0.2, 0.25) is 11.8 Å². The fourth-order valence-corrected chi connectivity index (χ4v) is 5.24. The van der Waals surface area contributed by atoms with E-state index < -0.39 is 47.2 Å². The molecule has 4 atom stereocenters. The quantitative estimate of drug-likeness (QED) is 0.554. The Hall–Kier alpha value is -3.22. The van der Waals surface area contributed by atoms with Crippen LogP contribution in [0.3, 0.4) is 0 Å². The number of hydrogen-bond acceptors (Lipinski definition) is 7. The van der Waals surface area contributed by atoms with Crippen LogP contribution in [-0.4, -0.2) is 66.1 Å². The summed E-state index contributed by atoms with van der Waals surface area (Å²) >= 11 is 1.16. The van der Waals surface area contributed by atoms with Gasteiger partial charge in [-0.15, -0.1) is 11.8 Å². The van der Waals surface area contributed by atoms with Gasteiger partial charge in [0, 0.05) is 20.2 Å². The largest absolute Gasteiger partial charge is 0.497 e. The summed E-state index contributed by atoms with van der Waals surface area (Å²) < 4.78 is 32.3. The Kier molecular flexibility index (Phi) is 7.24. The van der Waals surface area contributed by atoms with E-state index in [1.54, 1.807) is 26.3 Å². The van der Waals surface area contributed by atoms with Gasteiger partial charge in [-0.2, -0.15) is 0 Å². The number of amides is 4. The van der Waals surface area contributed by atoms with Crippen LogP contribution in [0.4, 0.5) is 19.3 Å². The van der Waals surface area contributed by atoms with Crippen LogP contribution < -0.4 is 20.7 Å². The summed E-state index contributed by atoms with van der Waals surface area (Å²) in [6.45, 7) is 0. The average molecular weight is 506 g/mol. The van der Waals surface area contributed by atoms with Crippen molar-refractivity contribution in [3.05, 3.63) is 59.7 Å². The third-order valence-corrected chi connectivity index (χ3v) is 7.22. The number of halogens is 2. The van der Waals surface area contributed by atoms with Crippen molar-refractivity contribution in [2.75, 3.05) is 32.3 Å². The summed E-state index contributed by atoms with van der Waals surface area (Å²) in [4.78, 5) is 40.7. The van der Waals surface area contributed by atoms with E-state index in [0.29, 0.717) is 11.8 Å². The predicted molar refractivity (Wildman–Crippen MR) is 126 cm³/mol. The molecule has 0 bridgehead atoms. The van der Waals surface area contributed by atoms with Gasteiger partial charge in [-0.3, -0.25) is 25.1 Å². The van der Waals surface area contributed by atoms with Crippen molar-refractivity contribution < 1.29 is 27.9 Å². The molecule has 2 aliphatic rings. The summed E-state index contributed by atoms with van der Waals surface area (Å²) in [5, 5.41) is 8.54. The van der Waals surface area contributed by atoms with Crippen LogP contribution in [0.15, 0.2) is 42.5 Å². The number of ether oxygens (including phenoxy) is 1. The number of benzene rings is 2. The summed E-state index contributed by atoms with van der Waals surface area (Å²) in [7, 11) is 4.59. The van der Waals surface area contributed by atoms with Crippen LogP contribution in [0.1, 0.15) is 11.7 Å². The monoisotopic (exact) mass is 505 g/mol. The van der Waals surface area contributed by atoms with Crippen molar-refractivity contribution in [2.45, 2.75) is 17.7 Å². The minimum Gasteiger partial charge on any atom is -0.497 e. The number of nitrogens with zero attached hydrogens (tertiary/aromatic N) is 2. The van der Waals surface area contributed by atoms with Crippen molar-refractivity contribution in [2.24, 2.45) is 5.92 Å². The lowest BCUT2D eigenvalue weighted by molar-refractivity contribution is -0.140. The molecule has 0 aliphatic carbocycles. The molecule has 4 amide bonds. The maximum atomic E-state index is 13.9. The highest BCUT2D eigenvalue weighted by molar-refractivity contribution is 8.00. The first kappa shape index (κ1) is 24.9. The number of imide groups is 1. The molecule has 0 radical (unpaired) electrons. The third kappa shape index (κ3) is 5.09. The number of carbonyl (C=O) groups excluding carboxylic acids is 3. The van der Waals surface area contributed by atoms with E-state index in [1.807, 2.05) is 12.1 Å². The fraction of sp³-hybridized carbons (Fsp3) is 0.348. The Morgan fingerprint density at radius 2 is 1.83 bits per heavy atom. The highest BCUT2D eigenvalue weighted by Gasteiger charge is 2.51. The first-order valence-electron chi connectivity index (χ1n) is 10.8. The Balaban J connectivity index is 1.53. The number of anilines is 1. The van der Waals surface area contributed by atoms with Gasteiger partial charge < -0.3 is 15.0 Å². The molecular formula is C23H25F2N5O4S. The predicted octanol–water partition coefficient (Wildman–Crippen LogP) is 2.33. The molecule has 3 N–H and O–H groups in total. The van der Waals surface area contributed by atoms with E-state index in [2.05, 4.69) is 16.0 Å². The van der Waals surface area contributed by atoms with Crippen LogP contribution >= 0.6 is 11.8 Å². The zero-order chi connectivity index (χ0) is 25.3. The summed E-state index contributed by atoms with van der Waals surface area (Å²) in [5.74, 6) is -2.64. The van der Waals surface area contributed by atoms with E-state index in [-0.39, 0.29) is 17.3 Å². The lowest BCUT2D eigenvalue weighted by Crippen LogP contribution is -2.72. The standard InChI is InChI=1S/C23H25F2N5O4S/c1-29-20-18(22(32)30(2)23(29)33)21(28-19(27-20)12-4-7-14(34-3)8-5-12)35-11-17(31)26-16-9-6-13(24)10-15(16)25/h4-10,18-21,27-28H,11H2,1-3H3,(H,26,31). The van der Waals surface area contributed by atoms with Crippen LogP contribution in [0.2, 0.25) is 0 Å². The summed E-state index contributed by atoms with van der Waals surface area (Å²) in [6, 6.07) is 9.75. The number of urea groups is 1. The lowest BCUT2D eigenvalue weighted by atomic mass is 9.96. The molecule has 0 aromatic heterocycles. The van der Waals surface area contributed by atoms with Gasteiger partial charge in [0.1, 0.15) is 17.4 Å². The van der Waals surface area contributed by atoms with E-state index in [0.717, 1.165) is 34.4 Å². The maximum Gasteiger partial charge on any atom is 0.327 e. The number of hydrogen-bond donors (Lipinski definition) is 3. The van der Waals surface area contributed by atoms with Crippen LogP contribution in [-0.2, 0) is 9.59 Å². The second-order valence-corrected chi connectivity index (χ2v) is 9.33. The lowest BCUT2D eigenvalue weighted by Gasteiger charge is -2.50. The number of nitrogens with one attached hydrogen (secondary N) is 3. The Labute approximate surface area is 205 Å². The second kappa shape index (κ2) is 10.2. The zero-order valence-electron chi connectivity index (χ0n) is 19.2. The third-order valence-electron chi connectivity index (χ3n) is 6.00. The topological polar surface area (TPSA) is 103 Å². The van der Waals surface area contributed by atoms with Crippen molar-refractivity contribution in [1.82, 2.24) is 20.4 Å². The molecule has 9 nitrogen and oxygen atoms in total. The molecule has 4 rings (SSSR count). The van der Waals surface area contributed by atoms with Gasteiger partial charge in [0.15, 0.2) is 0 Å². The molecule has 4 unspecified atom stereocenters. The maximum absolute atomic E-state index is 13.9. The number of methoxy groups -OCH3 is 1. The smallest absolute Gasteiger partial charge is 0.327 e. The molecule has 2 heterocycles. The van der Waals surface area contributed by atoms with Crippen LogP contribution in [0.5, 0.6) is 5.75 Å². The van der Waals surface area contributed by atoms with Gasteiger partial charge in [0.25, 0.3) is 0 Å². The normalized spacial score (nSPS) is 24.3. The number of thioether (sulfide) groups is 1. The van der Waals surface area contributed by atoms with Crippen LogP contribution in [0.25, 0.3) is 0 Å². The zero-order valence-corrected chi connectivity index (χ0v) is 20.1. The first-order valence-corrected chi connectivity index (χ1v) is 11.8. The average Bonchev–Trinajstić information content (AvgIpc) is 2.86. The molecular weight excluding hydrogens is 480 g/mol. The molecule has 2 aliphatic heterocycles. The van der Waals surface area contributed by atoms with Crippen molar-refractivity contribution in [3.63, 3.8) is 0 Å². The van der Waals surface area contributed by atoms with Gasteiger partial charge >= 0.3 is 6.03 Å². The fourth-order valence-electron chi connectivity index (χ4n) is 4.13. The van der Waals surface area contributed by atoms with Gasteiger partial charge in [0.05, 0.1) is 42.2 Å². The van der Waals surface area contributed by atoms with E-state index in [1.165, 1.54) is 11.9 Å². The van der Waals surface area contributed by atoms with E-state index in [9.17, 15) is 23.2 Å². The highest BCUT2D eigenvalue weighted by Crippen LogP contribution is 2.34. The van der Waals surface area contributed by atoms with Gasteiger partial charge in [-0.25, -0.2) is 13.6 Å². The molecule has 0 saturated carbocycles. The number of fused-ring (bicyclic) bond motifs is 1. The highest BCUT2D eigenvalue weighted by atomic mass is 32.2. The Morgan fingerprint density at radius 1 is 1.11 bits per heavy atom. The van der Waals surface area contributed by atoms with E-state index >= 15 is 0 Å². The first-order chi connectivity index (χ1) is 16.7. The molecule has 35 heavy (non-hydrogen) atoms. The molecule has 12 heteroatoms. The summed E-state index contributed by atoms with van der Waals surface area (Å²) in [6.07, 6.45) is -1.04. The minimum atomic E-state index is -0.882. The summed E-state index contributed by atoms with van der Waals surface area (Å²) in [5.41, 5.74) is 0.711. The molecule has 2 fully saturated rings. The molecule has 2 aromatic rings. The molecule has 2 aromatic carbocycles. The van der Waals surface area contributed by atoms with Crippen LogP contribution in [0, 0.1) is 17.6 Å². The SMILES string of the molecule is COc1ccc(C2NC(SCC(=O)Nc3ccc(F)cc3F)C3C(=O)N(C)C(=O)N(C)C3N2)cc1. The number of carbonyl (C=O) groups is 3. The van der Waals surface area contributed by atoms with Crippen molar-refractivity contribution in [1.29, 1.82) is 0 Å². The van der Waals surface area contributed by atoms with Gasteiger partial charge in [-0.1, -0.05) is 12.1 Å². The Bertz CT molecular complexity index is 1140. The second-order valence-electron chi connectivity index (χ2n) is 8.20. The van der Waals surface area contributed by atoms with Gasteiger partial charge in [-0.05, 0) is 29.8 Å².